The Morgan fingerprint density at radius 1 is 0.903 bits per heavy atom. The Morgan fingerprint density at radius 2 is 1.58 bits per heavy atom. The van der Waals surface area contributed by atoms with E-state index in [-0.39, 0.29) is 0 Å². The minimum atomic E-state index is -0.945. The summed E-state index contributed by atoms with van der Waals surface area (Å²) in [6.45, 7) is 0. The van der Waals surface area contributed by atoms with Crippen LogP contribution < -0.4 is 15.5 Å². The molecule has 0 spiro atoms. The predicted molar refractivity (Wildman–Crippen MR) is 126 cm³/mol. The maximum atomic E-state index is 12.2. The van der Waals surface area contributed by atoms with Crippen LogP contribution in [0, 0.1) is 3.57 Å². The molecule has 0 bridgehead atoms. The van der Waals surface area contributed by atoms with E-state index < -0.39 is 17.8 Å². The number of carbonyl (C=O) groups excluding carboxylic acids is 3. The van der Waals surface area contributed by atoms with Crippen LogP contribution >= 0.6 is 34.2 Å². The summed E-state index contributed by atoms with van der Waals surface area (Å²) >= 11 is 8.00. The van der Waals surface area contributed by atoms with Crippen molar-refractivity contribution < 1.29 is 19.1 Å². The number of halogens is 2. The zero-order chi connectivity index (χ0) is 22.2. The molecule has 7 nitrogen and oxygen atoms in total. The number of esters is 1. The van der Waals surface area contributed by atoms with Gasteiger partial charge in [0.05, 0.1) is 22.5 Å². The molecule has 3 rings (SSSR count). The zero-order valence-electron chi connectivity index (χ0n) is 15.8. The maximum absolute atomic E-state index is 12.2. The molecule has 156 valence electrons. The Labute approximate surface area is 196 Å². The third-order valence-corrected chi connectivity index (χ3v) is 5.16. The van der Waals surface area contributed by atoms with E-state index in [4.69, 9.17) is 16.3 Å². The number of nitrogens with one attached hydrogen (secondary N) is 2. The number of hydrazone groups is 1. The first-order valence-corrected chi connectivity index (χ1v) is 10.4. The fraction of sp³-hybridized carbons (Fsp3) is 0. The number of rotatable bonds is 5. The number of para-hydroxylation sites is 1. The number of amides is 2. The van der Waals surface area contributed by atoms with Gasteiger partial charge >= 0.3 is 17.8 Å². The molecule has 0 aromatic heterocycles. The summed E-state index contributed by atoms with van der Waals surface area (Å²) < 4.78 is 6.15. The molecule has 9 heteroatoms. The topological polar surface area (TPSA) is 96.9 Å². The summed E-state index contributed by atoms with van der Waals surface area (Å²) in [4.78, 5) is 36.0. The van der Waals surface area contributed by atoms with E-state index in [1.807, 2.05) is 12.1 Å². The molecular formula is C22H15ClIN3O4. The largest absolute Gasteiger partial charge is 0.423 e. The Balaban J connectivity index is 1.53. The standard InChI is InChI=1S/C22H15ClIN3O4/c23-17-6-2-4-8-19(17)26-20(28)21(29)27-25-13-14-9-11-15(12-10-14)31-22(30)16-5-1-3-7-18(16)24/h1-13H,(H,26,28)(H,27,29)/b25-13-. The summed E-state index contributed by atoms with van der Waals surface area (Å²) in [5, 5.41) is 6.46. The van der Waals surface area contributed by atoms with Gasteiger partial charge in [-0.3, -0.25) is 9.59 Å². The highest BCUT2D eigenvalue weighted by atomic mass is 127. The van der Waals surface area contributed by atoms with Crippen molar-refractivity contribution in [2.75, 3.05) is 5.32 Å². The van der Waals surface area contributed by atoms with Crippen molar-refractivity contribution in [1.29, 1.82) is 0 Å². The molecule has 0 unspecified atom stereocenters. The van der Waals surface area contributed by atoms with E-state index >= 15 is 0 Å². The molecule has 0 atom stereocenters. The van der Waals surface area contributed by atoms with E-state index in [1.165, 1.54) is 6.21 Å². The minimum absolute atomic E-state index is 0.315. The van der Waals surface area contributed by atoms with Crippen LogP contribution in [0.5, 0.6) is 5.75 Å². The second kappa shape index (κ2) is 10.7. The molecule has 0 heterocycles. The normalized spacial score (nSPS) is 10.5. The van der Waals surface area contributed by atoms with Crippen molar-refractivity contribution in [2.24, 2.45) is 5.10 Å². The second-order valence-corrected chi connectivity index (χ2v) is 7.64. The maximum Gasteiger partial charge on any atom is 0.344 e. The molecule has 0 aliphatic heterocycles. The quantitative estimate of drug-likeness (QED) is 0.125. The van der Waals surface area contributed by atoms with Crippen LogP contribution in [0.2, 0.25) is 5.02 Å². The lowest BCUT2D eigenvalue weighted by Gasteiger charge is -2.06. The summed E-state index contributed by atoms with van der Waals surface area (Å²) in [6, 6.07) is 20.2. The summed E-state index contributed by atoms with van der Waals surface area (Å²) in [5.41, 5.74) is 3.56. The first-order chi connectivity index (χ1) is 14.9. The fourth-order valence-electron chi connectivity index (χ4n) is 2.37. The lowest BCUT2D eigenvalue weighted by Crippen LogP contribution is -2.32. The second-order valence-electron chi connectivity index (χ2n) is 6.07. The third kappa shape index (κ3) is 6.37. The molecule has 2 N–H and O–H groups in total. The fourth-order valence-corrected chi connectivity index (χ4v) is 3.16. The lowest BCUT2D eigenvalue weighted by molar-refractivity contribution is -0.136. The van der Waals surface area contributed by atoms with E-state index in [9.17, 15) is 14.4 Å². The van der Waals surface area contributed by atoms with Crippen LogP contribution in [-0.2, 0) is 9.59 Å². The van der Waals surface area contributed by atoms with Gasteiger partial charge < -0.3 is 10.1 Å². The summed E-state index contributed by atoms with van der Waals surface area (Å²) in [7, 11) is 0. The Morgan fingerprint density at radius 3 is 2.29 bits per heavy atom. The van der Waals surface area contributed by atoms with Gasteiger partial charge in [-0.25, -0.2) is 10.2 Å². The van der Waals surface area contributed by atoms with Crippen molar-refractivity contribution in [3.63, 3.8) is 0 Å². The van der Waals surface area contributed by atoms with Crippen molar-refractivity contribution in [3.8, 4) is 5.75 Å². The number of hydrogen-bond donors (Lipinski definition) is 2. The molecular weight excluding hydrogens is 533 g/mol. The van der Waals surface area contributed by atoms with Gasteiger partial charge in [0.25, 0.3) is 0 Å². The van der Waals surface area contributed by atoms with Gasteiger partial charge in [0.15, 0.2) is 0 Å². The number of nitrogens with zero attached hydrogens (tertiary/aromatic N) is 1. The van der Waals surface area contributed by atoms with Crippen LogP contribution in [0.15, 0.2) is 77.9 Å². The van der Waals surface area contributed by atoms with Gasteiger partial charge in [-0.15, -0.1) is 0 Å². The highest BCUT2D eigenvalue weighted by Gasteiger charge is 2.14. The first-order valence-electron chi connectivity index (χ1n) is 8.90. The number of hydrogen-bond acceptors (Lipinski definition) is 5. The zero-order valence-corrected chi connectivity index (χ0v) is 18.8. The van der Waals surface area contributed by atoms with Crippen LogP contribution in [0.25, 0.3) is 0 Å². The molecule has 0 fully saturated rings. The molecule has 0 aliphatic carbocycles. The van der Waals surface area contributed by atoms with Gasteiger partial charge in [0.1, 0.15) is 5.75 Å². The van der Waals surface area contributed by atoms with Gasteiger partial charge in [-0.1, -0.05) is 35.9 Å². The molecule has 3 aromatic carbocycles. The highest BCUT2D eigenvalue weighted by molar-refractivity contribution is 14.1. The van der Waals surface area contributed by atoms with Crippen molar-refractivity contribution in [3.05, 3.63) is 92.5 Å². The van der Waals surface area contributed by atoms with Crippen LogP contribution in [0.4, 0.5) is 5.69 Å². The van der Waals surface area contributed by atoms with E-state index in [0.717, 1.165) is 3.57 Å². The third-order valence-electron chi connectivity index (χ3n) is 3.89. The van der Waals surface area contributed by atoms with Gasteiger partial charge in [-0.2, -0.15) is 5.10 Å². The molecule has 0 aliphatic rings. The van der Waals surface area contributed by atoms with Crippen molar-refractivity contribution in [2.45, 2.75) is 0 Å². The molecule has 2 amide bonds. The van der Waals surface area contributed by atoms with Gasteiger partial charge in [0.2, 0.25) is 0 Å². The average molecular weight is 548 g/mol. The lowest BCUT2D eigenvalue weighted by atomic mass is 10.2. The van der Waals surface area contributed by atoms with E-state index in [1.54, 1.807) is 60.7 Å². The average Bonchev–Trinajstić information content (AvgIpc) is 2.76. The van der Waals surface area contributed by atoms with Crippen LogP contribution in [0.3, 0.4) is 0 Å². The molecule has 3 aromatic rings. The van der Waals surface area contributed by atoms with Gasteiger partial charge in [0, 0.05) is 3.57 Å². The Kier molecular flexibility index (Phi) is 7.74. The number of ether oxygens (including phenoxy) is 1. The van der Waals surface area contributed by atoms with Gasteiger partial charge in [-0.05, 0) is 76.7 Å². The van der Waals surface area contributed by atoms with Crippen LogP contribution in [0.1, 0.15) is 15.9 Å². The van der Waals surface area contributed by atoms with Crippen molar-refractivity contribution >= 4 is 63.9 Å². The summed E-state index contributed by atoms with van der Waals surface area (Å²) in [5.74, 6) is -1.93. The predicted octanol–water partition coefficient (Wildman–Crippen LogP) is 4.25. The Hall–Kier alpha value is -3.24. The molecule has 0 saturated carbocycles. The Bertz CT molecular complexity index is 1150. The smallest absolute Gasteiger partial charge is 0.344 e. The molecule has 0 saturated heterocycles. The SMILES string of the molecule is O=C(N/N=C\c1ccc(OC(=O)c2ccccc2I)cc1)C(=O)Nc1ccccc1Cl. The first kappa shape index (κ1) is 22.4. The molecule has 0 radical (unpaired) electrons. The van der Waals surface area contributed by atoms with Crippen LogP contribution in [-0.4, -0.2) is 24.0 Å². The molecule has 31 heavy (non-hydrogen) atoms. The number of benzene rings is 3. The van der Waals surface area contributed by atoms with Crippen molar-refractivity contribution in [1.82, 2.24) is 5.43 Å². The number of carbonyl (C=O) groups is 3. The van der Waals surface area contributed by atoms with E-state index in [2.05, 4.69) is 38.4 Å². The highest BCUT2D eigenvalue weighted by Crippen LogP contribution is 2.20. The monoisotopic (exact) mass is 547 g/mol. The minimum Gasteiger partial charge on any atom is -0.423 e. The number of anilines is 1. The summed E-state index contributed by atoms with van der Waals surface area (Å²) in [6.07, 6.45) is 1.35. The van der Waals surface area contributed by atoms with E-state index in [0.29, 0.717) is 27.6 Å².